The minimum absolute atomic E-state index is 0.00977. The van der Waals surface area contributed by atoms with Crippen LogP contribution in [-0.2, 0) is 5.41 Å². The van der Waals surface area contributed by atoms with Gasteiger partial charge in [0.25, 0.3) is 6.71 Å². The molecular weight excluding hydrogens is 597 g/mol. The Balaban J connectivity index is 1.11. The molecule has 3 nitrogen and oxygen atoms in total. The summed E-state index contributed by atoms with van der Waals surface area (Å²) in [6, 6.07) is 56.2. The fourth-order valence-corrected chi connectivity index (χ4v) is 8.19. The highest BCUT2D eigenvalue weighted by Gasteiger charge is 2.43. The number of hydrogen-bond acceptors (Lipinski definition) is 3. The van der Waals surface area contributed by atoms with E-state index in [2.05, 4.69) is 170 Å². The molecule has 0 atom stereocenters. The largest absolute Gasteiger partial charge is 0.458 e. The van der Waals surface area contributed by atoms with Crippen LogP contribution in [0.3, 0.4) is 0 Å². The summed E-state index contributed by atoms with van der Waals surface area (Å²) < 4.78 is 13.3. The Hall–Kier alpha value is -6.00. The summed E-state index contributed by atoms with van der Waals surface area (Å²) in [7, 11) is 0. The second-order valence-electron chi connectivity index (χ2n) is 13.7. The van der Waals surface area contributed by atoms with Gasteiger partial charge in [-0.25, -0.2) is 0 Å². The zero-order chi connectivity index (χ0) is 32.7. The number of benzene rings is 7. The van der Waals surface area contributed by atoms with E-state index < -0.39 is 0 Å². The van der Waals surface area contributed by atoms with Crippen molar-refractivity contribution in [1.82, 2.24) is 0 Å². The van der Waals surface area contributed by atoms with Crippen LogP contribution in [0.5, 0.6) is 23.0 Å². The lowest BCUT2D eigenvalue weighted by atomic mass is 9.34. The number of anilines is 3. The smallest absolute Gasteiger partial charge is 0.260 e. The fraction of sp³-hybridized carbons (Fsp3) is 0.0667. The normalized spacial score (nSPS) is 14.0. The van der Waals surface area contributed by atoms with Crippen LogP contribution in [-0.4, -0.2) is 6.71 Å². The van der Waals surface area contributed by atoms with Gasteiger partial charge >= 0.3 is 0 Å². The third-order valence-corrected chi connectivity index (χ3v) is 10.6. The van der Waals surface area contributed by atoms with Crippen molar-refractivity contribution in [1.29, 1.82) is 0 Å². The standard InChI is InChI=1S/C45H32BNO2/c1-45(2)36-26-33(47(31-15-8-4-9-16-31)32-17-10-5-11-18-32)22-23-34(36)35-27-43-39(28-37(35)45)46-38-24-21-30(29-13-6-3-7-14-29)25-42(38)48-40-19-12-20-41(49-43)44(40)46/h3-28H,1-2H3. The molecule has 0 spiro atoms. The van der Waals surface area contributed by atoms with Crippen molar-refractivity contribution in [2.24, 2.45) is 0 Å². The summed E-state index contributed by atoms with van der Waals surface area (Å²) in [5.41, 5.74) is 14.1. The first-order chi connectivity index (χ1) is 24.0. The Labute approximate surface area is 287 Å². The van der Waals surface area contributed by atoms with Crippen molar-refractivity contribution in [3.8, 4) is 45.3 Å². The number of nitrogens with zero attached hydrogens (tertiary/aromatic N) is 1. The average Bonchev–Trinajstić information content (AvgIpc) is 3.36. The summed E-state index contributed by atoms with van der Waals surface area (Å²) in [4.78, 5) is 2.34. The molecule has 0 bridgehead atoms. The molecule has 7 aromatic rings. The van der Waals surface area contributed by atoms with Crippen LogP contribution >= 0.6 is 0 Å². The van der Waals surface area contributed by atoms with Crippen molar-refractivity contribution in [3.05, 3.63) is 169 Å². The second-order valence-corrected chi connectivity index (χ2v) is 13.7. The van der Waals surface area contributed by atoms with E-state index in [-0.39, 0.29) is 12.1 Å². The maximum atomic E-state index is 6.73. The number of rotatable bonds is 4. The van der Waals surface area contributed by atoms with E-state index in [1.807, 2.05) is 6.07 Å². The van der Waals surface area contributed by atoms with Gasteiger partial charge in [0, 0.05) is 27.9 Å². The number of hydrogen-bond donors (Lipinski definition) is 0. The van der Waals surface area contributed by atoms with Gasteiger partial charge in [-0.15, -0.1) is 0 Å². The minimum Gasteiger partial charge on any atom is -0.458 e. The first-order valence-electron chi connectivity index (χ1n) is 17.0. The van der Waals surface area contributed by atoms with Gasteiger partial charge in [-0.1, -0.05) is 111 Å². The van der Waals surface area contributed by atoms with Gasteiger partial charge in [0.1, 0.15) is 23.0 Å². The molecule has 4 heteroatoms. The van der Waals surface area contributed by atoms with Crippen LogP contribution in [0.1, 0.15) is 25.0 Å². The molecule has 1 aliphatic carbocycles. The fourth-order valence-electron chi connectivity index (χ4n) is 8.19. The van der Waals surface area contributed by atoms with Crippen LogP contribution in [0.4, 0.5) is 17.1 Å². The molecule has 10 rings (SSSR count). The molecule has 0 N–H and O–H groups in total. The van der Waals surface area contributed by atoms with Crippen molar-refractivity contribution >= 4 is 40.2 Å². The van der Waals surface area contributed by atoms with E-state index in [0.717, 1.165) is 51.1 Å². The van der Waals surface area contributed by atoms with Gasteiger partial charge in [-0.2, -0.15) is 0 Å². The topological polar surface area (TPSA) is 21.7 Å². The van der Waals surface area contributed by atoms with E-state index >= 15 is 0 Å². The van der Waals surface area contributed by atoms with E-state index in [0.29, 0.717) is 0 Å². The average molecular weight is 630 g/mol. The molecule has 0 fully saturated rings. The van der Waals surface area contributed by atoms with Crippen molar-refractivity contribution in [3.63, 3.8) is 0 Å². The van der Waals surface area contributed by atoms with Crippen molar-refractivity contribution in [2.45, 2.75) is 19.3 Å². The van der Waals surface area contributed by atoms with Crippen LogP contribution in [0.25, 0.3) is 22.3 Å². The molecular formula is C45H32BNO2. The lowest BCUT2D eigenvalue weighted by Crippen LogP contribution is -2.57. The van der Waals surface area contributed by atoms with Crippen molar-refractivity contribution in [2.75, 3.05) is 4.90 Å². The molecule has 0 radical (unpaired) electrons. The summed E-state index contributed by atoms with van der Waals surface area (Å²) in [5.74, 6) is 3.54. The van der Waals surface area contributed by atoms with Gasteiger partial charge in [0.15, 0.2) is 0 Å². The molecule has 0 aromatic heterocycles. The van der Waals surface area contributed by atoms with Crippen molar-refractivity contribution < 1.29 is 9.47 Å². The predicted molar refractivity (Wildman–Crippen MR) is 202 cm³/mol. The Morgan fingerprint density at radius 2 is 1.06 bits per heavy atom. The van der Waals surface area contributed by atoms with Gasteiger partial charge in [-0.05, 0) is 105 Å². The molecule has 49 heavy (non-hydrogen) atoms. The molecule has 2 aliphatic heterocycles. The Bertz CT molecular complexity index is 2380. The third-order valence-electron chi connectivity index (χ3n) is 10.6. The SMILES string of the molecule is CC1(C)c2cc(N(c3ccccc3)c3ccccc3)ccc2-c2cc3c(cc21)B1c2ccc(-c4ccccc4)cc2Oc2cccc(c21)O3. The Morgan fingerprint density at radius 1 is 0.449 bits per heavy atom. The molecule has 2 heterocycles. The van der Waals surface area contributed by atoms with Gasteiger partial charge < -0.3 is 14.4 Å². The highest BCUT2D eigenvalue weighted by atomic mass is 16.5. The summed E-state index contributed by atoms with van der Waals surface area (Å²) in [6.07, 6.45) is 0. The zero-order valence-corrected chi connectivity index (χ0v) is 27.4. The Kier molecular flexibility index (Phi) is 6.01. The summed E-state index contributed by atoms with van der Waals surface area (Å²) in [5, 5.41) is 0. The van der Waals surface area contributed by atoms with Crippen LogP contribution in [0.2, 0.25) is 0 Å². The molecule has 0 unspecified atom stereocenters. The number of para-hydroxylation sites is 2. The molecule has 232 valence electrons. The lowest BCUT2D eigenvalue weighted by molar-refractivity contribution is 0.464. The highest BCUT2D eigenvalue weighted by molar-refractivity contribution is 6.98. The molecule has 0 saturated heterocycles. The van der Waals surface area contributed by atoms with E-state index in [9.17, 15) is 0 Å². The third kappa shape index (κ3) is 4.23. The van der Waals surface area contributed by atoms with Gasteiger partial charge in [0.2, 0.25) is 0 Å². The van der Waals surface area contributed by atoms with E-state index in [1.165, 1.54) is 38.7 Å². The van der Waals surface area contributed by atoms with Gasteiger partial charge in [0.05, 0.1) is 0 Å². The van der Waals surface area contributed by atoms with Crippen LogP contribution < -0.4 is 30.8 Å². The van der Waals surface area contributed by atoms with Crippen LogP contribution in [0, 0.1) is 0 Å². The van der Waals surface area contributed by atoms with Crippen LogP contribution in [0.15, 0.2) is 158 Å². The minimum atomic E-state index is -0.223. The second kappa shape index (κ2) is 10.5. The zero-order valence-electron chi connectivity index (χ0n) is 27.4. The predicted octanol–water partition coefficient (Wildman–Crippen LogP) is 9.86. The monoisotopic (exact) mass is 629 g/mol. The number of ether oxygens (including phenoxy) is 2. The molecule has 7 aromatic carbocycles. The molecule has 0 saturated carbocycles. The first kappa shape index (κ1) is 28.1. The highest BCUT2D eigenvalue weighted by Crippen LogP contribution is 2.52. The summed E-state index contributed by atoms with van der Waals surface area (Å²) >= 11 is 0. The number of fused-ring (bicyclic) bond motifs is 7. The van der Waals surface area contributed by atoms with E-state index in [4.69, 9.17) is 9.47 Å². The Morgan fingerprint density at radius 3 is 1.73 bits per heavy atom. The molecule has 0 amide bonds. The van der Waals surface area contributed by atoms with Gasteiger partial charge in [-0.3, -0.25) is 0 Å². The first-order valence-corrected chi connectivity index (χ1v) is 17.0. The maximum Gasteiger partial charge on any atom is 0.260 e. The lowest BCUT2D eigenvalue weighted by Gasteiger charge is -2.34. The summed E-state index contributed by atoms with van der Waals surface area (Å²) in [6.45, 7) is 4.72. The quantitative estimate of drug-likeness (QED) is 0.181. The maximum absolute atomic E-state index is 6.73. The van der Waals surface area contributed by atoms with E-state index in [1.54, 1.807) is 0 Å². The molecule has 3 aliphatic rings.